The number of ether oxygens (including phenoxy) is 1. The van der Waals surface area contributed by atoms with E-state index in [2.05, 4.69) is 20.7 Å². The summed E-state index contributed by atoms with van der Waals surface area (Å²) in [6.45, 7) is 0. The van der Waals surface area contributed by atoms with Crippen molar-refractivity contribution in [1.29, 1.82) is 0 Å². The minimum atomic E-state index is -0.514. The SMILES string of the molecule is COc1cc(NC(=O)c2cncc(NN)n2)ccc1F. The number of hydrogen-bond donors (Lipinski definition) is 3. The van der Waals surface area contributed by atoms with Crippen LogP contribution >= 0.6 is 0 Å². The van der Waals surface area contributed by atoms with Gasteiger partial charge < -0.3 is 15.5 Å². The van der Waals surface area contributed by atoms with E-state index in [1.165, 1.54) is 37.7 Å². The van der Waals surface area contributed by atoms with Gasteiger partial charge in [-0.2, -0.15) is 0 Å². The first kappa shape index (κ1) is 13.7. The smallest absolute Gasteiger partial charge is 0.275 e. The molecule has 2 rings (SSSR count). The lowest BCUT2D eigenvalue weighted by molar-refractivity contribution is 0.102. The molecule has 0 aliphatic rings. The number of nitrogens with two attached hydrogens (primary N) is 1. The third kappa shape index (κ3) is 2.98. The second-order valence-electron chi connectivity index (χ2n) is 3.74. The van der Waals surface area contributed by atoms with Gasteiger partial charge in [0, 0.05) is 11.8 Å². The Balaban J connectivity index is 2.18. The zero-order valence-corrected chi connectivity index (χ0v) is 10.6. The van der Waals surface area contributed by atoms with E-state index in [1.807, 2.05) is 0 Å². The van der Waals surface area contributed by atoms with Gasteiger partial charge in [-0.25, -0.2) is 15.2 Å². The molecule has 1 heterocycles. The summed E-state index contributed by atoms with van der Waals surface area (Å²) in [7, 11) is 1.34. The van der Waals surface area contributed by atoms with Crippen LogP contribution in [0.3, 0.4) is 0 Å². The van der Waals surface area contributed by atoms with Crippen molar-refractivity contribution >= 4 is 17.4 Å². The monoisotopic (exact) mass is 277 g/mol. The number of carbonyl (C=O) groups is 1. The van der Waals surface area contributed by atoms with E-state index in [0.717, 1.165) is 0 Å². The molecule has 0 fully saturated rings. The van der Waals surface area contributed by atoms with E-state index in [4.69, 9.17) is 10.6 Å². The first-order valence-corrected chi connectivity index (χ1v) is 5.57. The Labute approximate surface area is 114 Å². The molecule has 0 aliphatic carbocycles. The average Bonchev–Trinajstić information content (AvgIpc) is 2.49. The molecule has 0 spiro atoms. The first-order valence-electron chi connectivity index (χ1n) is 5.57. The van der Waals surface area contributed by atoms with Gasteiger partial charge >= 0.3 is 0 Å². The lowest BCUT2D eigenvalue weighted by atomic mass is 10.2. The van der Waals surface area contributed by atoms with E-state index >= 15 is 0 Å². The Kier molecular flexibility index (Phi) is 4.06. The molecule has 104 valence electrons. The standard InChI is InChI=1S/C12H12FN5O2/c1-20-10-4-7(2-3-8(10)13)16-12(19)9-5-15-6-11(17-9)18-14/h2-6H,14H2,1H3,(H,16,19)(H,17,18). The van der Waals surface area contributed by atoms with Gasteiger partial charge in [-0.1, -0.05) is 0 Å². The third-order valence-corrected chi connectivity index (χ3v) is 2.42. The Morgan fingerprint density at radius 2 is 2.20 bits per heavy atom. The highest BCUT2D eigenvalue weighted by atomic mass is 19.1. The molecule has 20 heavy (non-hydrogen) atoms. The van der Waals surface area contributed by atoms with Crippen molar-refractivity contribution in [2.24, 2.45) is 5.84 Å². The van der Waals surface area contributed by atoms with Crippen LogP contribution in [0.4, 0.5) is 15.9 Å². The normalized spacial score (nSPS) is 9.95. The molecule has 0 atom stereocenters. The molecule has 0 radical (unpaired) electrons. The zero-order valence-electron chi connectivity index (χ0n) is 10.6. The molecule has 7 nitrogen and oxygen atoms in total. The van der Waals surface area contributed by atoms with Gasteiger partial charge in [-0.3, -0.25) is 9.78 Å². The second kappa shape index (κ2) is 5.93. The summed E-state index contributed by atoms with van der Waals surface area (Å²) < 4.78 is 18.1. The molecule has 4 N–H and O–H groups in total. The molecular weight excluding hydrogens is 265 g/mol. The van der Waals surface area contributed by atoms with Crippen LogP contribution in [0.1, 0.15) is 10.5 Å². The molecule has 0 aliphatic heterocycles. The van der Waals surface area contributed by atoms with Gasteiger partial charge in [0.15, 0.2) is 17.4 Å². The number of rotatable bonds is 4. The van der Waals surface area contributed by atoms with Crippen molar-refractivity contribution in [3.63, 3.8) is 0 Å². The molecule has 2 aromatic rings. The maximum atomic E-state index is 13.2. The Morgan fingerprint density at radius 1 is 1.40 bits per heavy atom. The van der Waals surface area contributed by atoms with E-state index in [9.17, 15) is 9.18 Å². The van der Waals surface area contributed by atoms with Crippen LogP contribution in [0, 0.1) is 5.82 Å². The molecule has 0 saturated carbocycles. The lowest BCUT2D eigenvalue weighted by Gasteiger charge is -2.08. The number of nitrogen functional groups attached to an aromatic ring is 1. The van der Waals surface area contributed by atoms with Gasteiger partial charge in [0.1, 0.15) is 5.69 Å². The summed E-state index contributed by atoms with van der Waals surface area (Å²) in [5, 5.41) is 2.55. The number of benzene rings is 1. The highest BCUT2D eigenvalue weighted by Gasteiger charge is 2.11. The molecule has 8 heteroatoms. The predicted octanol–water partition coefficient (Wildman–Crippen LogP) is 1.16. The van der Waals surface area contributed by atoms with Crippen molar-refractivity contribution in [3.8, 4) is 5.75 Å². The van der Waals surface area contributed by atoms with Crippen molar-refractivity contribution in [3.05, 3.63) is 42.1 Å². The predicted molar refractivity (Wildman–Crippen MR) is 70.7 cm³/mol. The van der Waals surface area contributed by atoms with E-state index in [-0.39, 0.29) is 17.3 Å². The number of methoxy groups -OCH3 is 1. The van der Waals surface area contributed by atoms with Gasteiger partial charge in [0.2, 0.25) is 0 Å². The lowest BCUT2D eigenvalue weighted by Crippen LogP contribution is -2.16. The fraction of sp³-hybridized carbons (Fsp3) is 0.0833. The summed E-state index contributed by atoms with van der Waals surface area (Å²) in [4.78, 5) is 19.7. The van der Waals surface area contributed by atoms with E-state index < -0.39 is 11.7 Å². The minimum Gasteiger partial charge on any atom is -0.494 e. The summed E-state index contributed by atoms with van der Waals surface area (Å²) in [5.41, 5.74) is 2.74. The van der Waals surface area contributed by atoms with Crippen molar-refractivity contribution in [2.45, 2.75) is 0 Å². The molecule has 0 unspecified atom stereocenters. The number of nitrogens with one attached hydrogen (secondary N) is 2. The molecular formula is C12H12FN5O2. The zero-order chi connectivity index (χ0) is 14.5. The van der Waals surface area contributed by atoms with Crippen LogP contribution in [-0.2, 0) is 0 Å². The molecule has 0 saturated heterocycles. The highest BCUT2D eigenvalue weighted by molar-refractivity contribution is 6.02. The van der Waals surface area contributed by atoms with Gasteiger partial charge in [0.25, 0.3) is 5.91 Å². The summed E-state index contributed by atoms with van der Waals surface area (Å²) >= 11 is 0. The largest absolute Gasteiger partial charge is 0.494 e. The van der Waals surface area contributed by atoms with Crippen molar-refractivity contribution in [1.82, 2.24) is 9.97 Å². The highest BCUT2D eigenvalue weighted by Crippen LogP contribution is 2.21. The quantitative estimate of drug-likeness (QED) is 0.572. The Morgan fingerprint density at radius 3 is 2.90 bits per heavy atom. The molecule has 0 bridgehead atoms. The summed E-state index contributed by atoms with van der Waals surface area (Å²) in [6.07, 6.45) is 2.66. The molecule has 1 aromatic carbocycles. The van der Waals surface area contributed by atoms with E-state index in [1.54, 1.807) is 0 Å². The second-order valence-corrected chi connectivity index (χ2v) is 3.74. The fourth-order valence-electron chi connectivity index (χ4n) is 1.48. The summed E-state index contributed by atoms with van der Waals surface area (Å²) in [5.74, 6) is 4.46. The molecule has 1 aromatic heterocycles. The maximum Gasteiger partial charge on any atom is 0.275 e. The van der Waals surface area contributed by atoms with Crippen LogP contribution < -0.4 is 21.3 Å². The Bertz CT molecular complexity index is 635. The van der Waals surface area contributed by atoms with Crippen LogP contribution in [0.25, 0.3) is 0 Å². The summed E-state index contributed by atoms with van der Waals surface area (Å²) in [6, 6.07) is 3.97. The third-order valence-electron chi connectivity index (χ3n) is 2.42. The van der Waals surface area contributed by atoms with Crippen LogP contribution in [0.5, 0.6) is 5.75 Å². The number of hydrogen-bond acceptors (Lipinski definition) is 6. The number of carbonyl (C=O) groups excluding carboxylic acids is 1. The number of halogens is 1. The minimum absolute atomic E-state index is 0.0336. The van der Waals surface area contributed by atoms with Gasteiger partial charge in [0.05, 0.1) is 19.5 Å². The van der Waals surface area contributed by atoms with Crippen LogP contribution in [0.2, 0.25) is 0 Å². The van der Waals surface area contributed by atoms with Crippen molar-refractivity contribution < 1.29 is 13.9 Å². The van der Waals surface area contributed by atoms with E-state index in [0.29, 0.717) is 5.69 Å². The average molecular weight is 277 g/mol. The van der Waals surface area contributed by atoms with Gasteiger partial charge in [-0.15, -0.1) is 0 Å². The number of aromatic nitrogens is 2. The topological polar surface area (TPSA) is 102 Å². The number of nitrogens with zero attached hydrogens (tertiary/aromatic N) is 2. The van der Waals surface area contributed by atoms with Crippen LogP contribution in [0.15, 0.2) is 30.6 Å². The first-order chi connectivity index (χ1) is 9.63. The van der Waals surface area contributed by atoms with Crippen molar-refractivity contribution in [2.75, 3.05) is 17.9 Å². The number of amides is 1. The number of hydrazine groups is 1. The number of anilines is 2. The molecule has 1 amide bonds. The van der Waals surface area contributed by atoms with Crippen LogP contribution in [-0.4, -0.2) is 23.0 Å². The fourth-order valence-corrected chi connectivity index (χ4v) is 1.48. The van der Waals surface area contributed by atoms with Gasteiger partial charge in [-0.05, 0) is 12.1 Å². The maximum absolute atomic E-state index is 13.2. The Hall–Kier alpha value is -2.74.